The lowest BCUT2D eigenvalue weighted by Gasteiger charge is -2.27. The zero-order valence-corrected chi connectivity index (χ0v) is 24.8. The van der Waals surface area contributed by atoms with Gasteiger partial charge in [0.15, 0.2) is 0 Å². The van der Waals surface area contributed by atoms with Gasteiger partial charge in [-0.25, -0.2) is 0 Å². The predicted molar refractivity (Wildman–Crippen MR) is 192 cm³/mol. The van der Waals surface area contributed by atoms with Crippen LogP contribution >= 0.6 is 0 Å². The Kier molecular flexibility index (Phi) is 6.90. The van der Waals surface area contributed by atoms with E-state index >= 15 is 0 Å². The summed E-state index contributed by atoms with van der Waals surface area (Å²) in [5.74, 6) is 0. The van der Waals surface area contributed by atoms with E-state index in [1.165, 1.54) is 54.9 Å². The van der Waals surface area contributed by atoms with Gasteiger partial charge < -0.3 is 4.90 Å². The van der Waals surface area contributed by atoms with E-state index in [1.807, 2.05) is 0 Å². The lowest BCUT2D eigenvalue weighted by Crippen LogP contribution is -2.10. The number of benzene rings is 8. The average Bonchev–Trinajstić information content (AvgIpc) is 3.13. The van der Waals surface area contributed by atoms with Crippen LogP contribution < -0.4 is 4.90 Å². The van der Waals surface area contributed by atoms with Crippen LogP contribution in [0.5, 0.6) is 0 Å². The van der Waals surface area contributed by atoms with Crippen LogP contribution in [0.25, 0.3) is 54.9 Å². The van der Waals surface area contributed by atoms with E-state index in [9.17, 15) is 0 Å². The SMILES string of the molecule is c1ccc(-c2ccc(-c3ccc(N(c4cccc(-c5ccccc5)c4)c4ccc5c(ccc6ccccc65)c4)cc3)cc2)cc1. The Balaban J connectivity index is 1.21. The Labute approximate surface area is 264 Å². The smallest absolute Gasteiger partial charge is 0.0468 e. The molecule has 45 heavy (non-hydrogen) atoms. The second kappa shape index (κ2) is 11.6. The van der Waals surface area contributed by atoms with Gasteiger partial charge in [-0.1, -0.05) is 152 Å². The first-order chi connectivity index (χ1) is 22.3. The molecule has 8 rings (SSSR count). The minimum absolute atomic E-state index is 1.12. The normalized spacial score (nSPS) is 11.1. The molecule has 0 atom stereocenters. The number of hydrogen-bond acceptors (Lipinski definition) is 1. The Hall–Kier alpha value is -5.92. The van der Waals surface area contributed by atoms with E-state index in [4.69, 9.17) is 0 Å². The third kappa shape index (κ3) is 5.26. The molecule has 0 radical (unpaired) electrons. The highest BCUT2D eigenvalue weighted by Crippen LogP contribution is 2.39. The highest BCUT2D eigenvalue weighted by Gasteiger charge is 2.15. The van der Waals surface area contributed by atoms with Crippen LogP contribution in [0.15, 0.2) is 188 Å². The van der Waals surface area contributed by atoms with Crippen LogP contribution in [-0.2, 0) is 0 Å². The van der Waals surface area contributed by atoms with Crippen molar-refractivity contribution in [3.8, 4) is 33.4 Å². The summed E-state index contributed by atoms with van der Waals surface area (Å²) in [5.41, 5.74) is 10.6. The van der Waals surface area contributed by atoms with Gasteiger partial charge in [-0.05, 0) is 91.3 Å². The van der Waals surface area contributed by atoms with Crippen LogP contribution in [-0.4, -0.2) is 0 Å². The fraction of sp³-hybridized carbons (Fsp3) is 0. The first kappa shape index (κ1) is 26.7. The predicted octanol–water partition coefficient (Wildman–Crippen LogP) is 12.5. The molecule has 0 saturated heterocycles. The topological polar surface area (TPSA) is 3.24 Å². The molecule has 0 N–H and O–H groups in total. The number of hydrogen-bond donors (Lipinski definition) is 0. The maximum Gasteiger partial charge on any atom is 0.0468 e. The molecule has 0 unspecified atom stereocenters. The van der Waals surface area contributed by atoms with Gasteiger partial charge in [0, 0.05) is 17.1 Å². The van der Waals surface area contributed by atoms with Crippen molar-refractivity contribution < 1.29 is 0 Å². The zero-order valence-electron chi connectivity index (χ0n) is 24.8. The Morgan fingerprint density at radius 1 is 0.244 bits per heavy atom. The second-order valence-corrected chi connectivity index (χ2v) is 11.4. The monoisotopic (exact) mass is 573 g/mol. The van der Waals surface area contributed by atoms with Crippen molar-refractivity contribution in [1.29, 1.82) is 0 Å². The molecule has 0 aromatic heterocycles. The molecule has 0 saturated carbocycles. The van der Waals surface area contributed by atoms with Crippen molar-refractivity contribution in [3.05, 3.63) is 188 Å². The fourth-order valence-corrected chi connectivity index (χ4v) is 6.33. The Morgan fingerprint density at radius 2 is 0.711 bits per heavy atom. The third-order valence-electron chi connectivity index (χ3n) is 8.65. The van der Waals surface area contributed by atoms with E-state index in [0.717, 1.165) is 17.1 Å². The molecule has 8 aromatic rings. The van der Waals surface area contributed by atoms with Gasteiger partial charge >= 0.3 is 0 Å². The van der Waals surface area contributed by atoms with Crippen LogP contribution in [0.1, 0.15) is 0 Å². The van der Waals surface area contributed by atoms with Crippen LogP contribution in [0.2, 0.25) is 0 Å². The molecule has 0 aliphatic rings. The molecule has 0 amide bonds. The molecular formula is C44H31N. The van der Waals surface area contributed by atoms with Crippen molar-refractivity contribution in [3.63, 3.8) is 0 Å². The molecule has 0 fully saturated rings. The average molecular weight is 574 g/mol. The maximum absolute atomic E-state index is 2.36. The summed E-state index contributed by atoms with van der Waals surface area (Å²) < 4.78 is 0. The minimum atomic E-state index is 1.12. The molecule has 212 valence electrons. The molecule has 0 aliphatic heterocycles. The van der Waals surface area contributed by atoms with Gasteiger partial charge in [0.1, 0.15) is 0 Å². The maximum atomic E-state index is 2.36. The number of rotatable bonds is 6. The molecule has 0 bridgehead atoms. The van der Waals surface area contributed by atoms with E-state index in [2.05, 4.69) is 193 Å². The largest absolute Gasteiger partial charge is 0.310 e. The molecule has 1 heteroatoms. The first-order valence-electron chi connectivity index (χ1n) is 15.4. The van der Waals surface area contributed by atoms with Crippen molar-refractivity contribution in [2.45, 2.75) is 0 Å². The van der Waals surface area contributed by atoms with Gasteiger partial charge in [-0.15, -0.1) is 0 Å². The second-order valence-electron chi connectivity index (χ2n) is 11.4. The van der Waals surface area contributed by atoms with Crippen molar-refractivity contribution in [2.24, 2.45) is 0 Å². The summed E-state index contributed by atoms with van der Waals surface area (Å²) >= 11 is 0. The van der Waals surface area contributed by atoms with Crippen LogP contribution in [0.3, 0.4) is 0 Å². The summed E-state index contributed by atoms with van der Waals surface area (Å²) in [7, 11) is 0. The molecule has 1 nitrogen and oxygen atoms in total. The quantitative estimate of drug-likeness (QED) is 0.179. The van der Waals surface area contributed by atoms with Crippen molar-refractivity contribution in [2.75, 3.05) is 4.90 Å². The van der Waals surface area contributed by atoms with E-state index in [0.29, 0.717) is 0 Å². The van der Waals surface area contributed by atoms with Gasteiger partial charge in [-0.3, -0.25) is 0 Å². The standard InChI is InChI=1S/C44H31N/c1-3-10-32(11-4-1)34-18-20-35(21-19-34)36-24-26-40(27-25-36)45(41-16-9-15-38(30-41)33-12-5-2-6-13-33)42-28-29-44-39(31-42)23-22-37-14-7-8-17-43(37)44/h1-31H. The fourth-order valence-electron chi connectivity index (χ4n) is 6.33. The molecule has 0 spiro atoms. The number of fused-ring (bicyclic) bond motifs is 3. The van der Waals surface area contributed by atoms with Gasteiger partial charge in [-0.2, -0.15) is 0 Å². The van der Waals surface area contributed by atoms with Gasteiger partial charge in [0.05, 0.1) is 0 Å². The molecule has 0 aliphatic carbocycles. The number of nitrogens with zero attached hydrogens (tertiary/aromatic N) is 1. The van der Waals surface area contributed by atoms with Crippen LogP contribution in [0, 0.1) is 0 Å². The summed E-state index contributed by atoms with van der Waals surface area (Å²) in [4.78, 5) is 2.36. The molecule has 0 heterocycles. The minimum Gasteiger partial charge on any atom is -0.310 e. The summed E-state index contributed by atoms with van der Waals surface area (Å²) in [5, 5.41) is 5.04. The van der Waals surface area contributed by atoms with Gasteiger partial charge in [0.2, 0.25) is 0 Å². The lowest BCUT2D eigenvalue weighted by atomic mass is 9.99. The van der Waals surface area contributed by atoms with Crippen LogP contribution in [0.4, 0.5) is 17.1 Å². The lowest BCUT2D eigenvalue weighted by molar-refractivity contribution is 1.29. The highest BCUT2D eigenvalue weighted by molar-refractivity contribution is 6.08. The number of anilines is 3. The van der Waals surface area contributed by atoms with Crippen molar-refractivity contribution in [1.82, 2.24) is 0 Å². The van der Waals surface area contributed by atoms with E-state index < -0.39 is 0 Å². The third-order valence-corrected chi connectivity index (χ3v) is 8.65. The summed E-state index contributed by atoms with van der Waals surface area (Å²) in [6.45, 7) is 0. The molecular weight excluding hydrogens is 542 g/mol. The van der Waals surface area contributed by atoms with Crippen molar-refractivity contribution >= 4 is 38.6 Å². The Bertz CT molecular complexity index is 2230. The zero-order chi connectivity index (χ0) is 30.0. The van der Waals surface area contributed by atoms with E-state index in [1.54, 1.807) is 0 Å². The first-order valence-corrected chi connectivity index (χ1v) is 15.4. The highest BCUT2D eigenvalue weighted by atomic mass is 15.1. The molecule has 8 aromatic carbocycles. The summed E-state index contributed by atoms with van der Waals surface area (Å²) in [6, 6.07) is 67.6. The Morgan fingerprint density at radius 3 is 1.40 bits per heavy atom. The van der Waals surface area contributed by atoms with E-state index in [-0.39, 0.29) is 0 Å². The van der Waals surface area contributed by atoms with Gasteiger partial charge in [0.25, 0.3) is 0 Å². The summed E-state index contributed by atoms with van der Waals surface area (Å²) in [6.07, 6.45) is 0.